The second-order valence-electron chi connectivity index (χ2n) is 7.41. The van der Waals surface area contributed by atoms with Gasteiger partial charge in [-0.15, -0.1) is 0 Å². The summed E-state index contributed by atoms with van der Waals surface area (Å²) < 4.78 is 5.56. The molecule has 0 unspecified atom stereocenters. The molecule has 3 heterocycles. The van der Waals surface area contributed by atoms with Gasteiger partial charge >= 0.3 is 5.97 Å². The summed E-state index contributed by atoms with van der Waals surface area (Å²) in [5, 5.41) is 0. The van der Waals surface area contributed by atoms with Crippen molar-refractivity contribution in [2.45, 2.75) is 51.6 Å². The van der Waals surface area contributed by atoms with E-state index >= 15 is 0 Å². The number of fused-ring (bicyclic) bond motifs is 2. The average molecular weight is 351 g/mol. The predicted octanol–water partition coefficient (Wildman–Crippen LogP) is 3.32. The Kier molecular flexibility index (Phi) is 4.39. The average Bonchev–Trinajstić information content (AvgIpc) is 3.19. The number of aryl methyl sites for hydroxylation is 1. The van der Waals surface area contributed by atoms with Gasteiger partial charge in [-0.3, -0.25) is 4.79 Å². The van der Waals surface area contributed by atoms with Crippen LogP contribution in [0.5, 0.6) is 0 Å². The molecule has 0 saturated carbocycles. The maximum atomic E-state index is 13.1. The second kappa shape index (κ2) is 6.71. The lowest BCUT2D eigenvalue weighted by atomic mass is 9.70. The number of hydrogen-bond donors (Lipinski definition) is 0. The van der Waals surface area contributed by atoms with Crippen molar-refractivity contribution in [3.8, 4) is 0 Å². The van der Waals surface area contributed by atoms with Crippen LogP contribution in [-0.4, -0.2) is 34.6 Å². The number of aromatic nitrogens is 2. The van der Waals surface area contributed by atoms with Crippen molar-refractivity contribution < 1.29 is 9.53 Å². The number of anilines is 1. The molecule has 1 aromatic carbocycles. The van der Waals surface area contributed by atoms with Gasteiger partial charge in [-0.1, -0.05) is 30.3 Å². The molecule has 5 heteroatoms. The first-order valence-corrected chi connectivity index (χ1v) is 9.42. The smallest absolute Gasteiger partial charge is 0.314 e. The van der Waals surface area contributed by atoms with Gasteiger partial charge in [-0.05, 0) is 45.1 Å². The minimum atomic E-state index is -0.501. The molecule has 3 atom stereocenters. The van der Waals surface area contributed by atoms with E-state index < -0.39 is 5.41 Å². The van der Waals surface area contributed by atoms with E-state index in [-0.39, 0.29) is 12.0 Å². The molecule has 2 bridgehead atoms. The Labute approximate surface area is 154 Å². The molecule has 0 radical (unpaired) electrons. The summed E-state index contributed by atoms with van der Waals surface area (Å²) in [5.41, 5.74) is 1.64. The van der Waals surface area contributed by atoms with Crippen LogP contribution in [0.25, 0.3) is 0 Å². The minimum absolute atomic E-state index is 0.0631. The number of ether oxygens (including phenoxy) is 1. The SMILES string of the molecule is CCOC(=O)[C@@]1(Cc2ccccc2)C[C@H]2CC[C@@H]1N2c1cc(C)ncn1. The van der Waals surface area contributed by atoms with Gasteiger partial charge in [0.15, 0.2) is 0 Å². The largest absolute Gasteiger partial charge is 0.465 e. The van der Waals surface area contributed by atoms with Crippen LogP contribution in [0, 0.1) is 12.3 Å². The Bertz CT molecular complexity index is 795. The molecule has 0 spiro atoms. The monoisotopic (exact) mass is 351 g/mol. The third-order valence-corrected chi connectivity index (χ3v) is 5.84. The maximum Gasteiger partial charge on any atom is 0.314 e. The number of esters is 1. The zero-order chi connectivity index (χ0) is 18.1. The van der Waals surface area contributed by atoms with Crippen LogP contribution in [0.1, 0.15) is 37.4 Å². The van der Waals surface area contributed by atoms with E-state index in [0.29, 0.717) is 19.1 Å². The van der Waals surface area contributed by atoms with Gasteiger partial charge in [-0.2, -0.15) is 0 Å². The highest BCUT2D eigenvalue weighted by atomic mass is 16.5. The van der Waals surface area contributed by atoms with Crippen molar-refractivity contribution in [3.63, 3.8) is 0 Å². The number of carbonyl (C=O) groups excluding carboxylic acids is 1. The van der Waals surface area contributed by atoms with Crippen LogP contribution in [0.4, 0.5) is 5.82 Å². The molecular weight excluding hydrogens is 326 g/mol. The summed E-state index contributed by atoms with van der Waals surface area (Å²) in [7, 11) is 0. The third-order valence-electron chi connectivity index (χ3n) is 5.84. The van der Waals surface area contributed by atoms with Crippen molar-refractivity contribution >= 4 is 11.8 Å². The molecule has 5 nitrogen and oxygen atoms in total. The van der Waals surface area contributed by atoms with E-state index in [0.717, 1.165) is 30.8 Å². The summed E-state index contributed by atoms with van der Waals surface area (Å²) in [4.78, 5) is 24.2. The Balaban J connectivity index is 1.72. The Morgan fingerprint density at radius 2 is 2.08 bits per heavy atom. The third kappa shape index (κ3) is 2.75. The lowest BCUT2D eigenvalue weighted by molar-refractivity contribution is -0.156. The summed E-state index contributed by atoms with van der Waals surface area (Å²) in [5.74, 6) is 0.871. The van der Waals surface area contributed by atoms with Gasteiger partial charge in [0.1, 0.15) is 12.1 Å². The van der Waals surface area contributed by atoms with Crippen LogP contribution in [-0.2, 0) is 16.0 Å². The molecule has 2 saturated heterocycles. The van der Waals surface area contributed by atoms with E-state index in [1.807, 2.05) is 38.1 Å². The normalized spacial score (nSPS) is 26.9. The van der Waals surface area contributed by atoms with E-state index in [9.17, 15) is 4.79 Å². The van der Waals surface area contributed by atoms with Gasteiger partial charge in [0.05, 0.1) is 12.0 Å². The summed E-state index contributed by atoms with van der Waals surface area (Å²) in [6.07, 6.45) is 5.26. The van der Waals surface area contributed by atoms with Crippen molar-refractivity contribution in [2.24, 2.45) is 5.41 Å². The first-order valence-electron chi connectivity index (χ1n) is 9.42. The van der Waals surface area contributed by atoms with Crippen molar-refractivity contribution in [3.05, 3.63) is 54.0 Å². The Hall–Kier alpha value is -2.43. The van der Waals surface area contributed by atoms with E-state index in [1.54, 1.807) is 6.33 Å². The zero-order valence-electron chi connectivity index (χ0n) is 15.4. The zero-order valence-corrected chi connectivity index (χ0v) is 15.4. The van der Waals surface area contributed by atoms with E-state index in [1.165, 1.54) is 5.56 Å². The lowest BCUT2D eigenvalue weighted by Crippen LogP contribution is -2.46. The number of benzene rings is 1. The molecular formula is C21H25N3O2. The second-order valence-corrected chi connectivity index (χ2v) is 7.41. The topological polar surface area (TPSA) is 55.3 Å². The molecule has 0 aliphatic carbocycles. The lowest BCUT2D eigenvalue weighted by Gasteiger charge is -2.35. The van der Waals surface area contributed by atoms with E-state index in [4.69, 9.17) is 4.74 Å². The molecule has 26 heavy (non-hydrogen) atoms. The van der Waals surface area contributed by atoms with E-state index in [2.05, 4.69) is 27.0 Å². The van der Waals surface area contributed by atoms with Gasteiger partial charge in [-0.25, -0.2) is 9.97 Å². The maximum absolute atomic E-state index is 13.1. The molecule has 0 amide bonds. The van der Waals surface area contributed by atoms with Crippen molar-refractivity contribution in [1.29, 1.82) is 0 Å². The van der Waals surface area contributed by atoms with Gasteiger partial charge in [0.25, 0.3) is 0 Å². The standard InChI is InChI=1S/C21H25N3O2/c1-3-26-20(25)21(12-16-7-5-4-6-8-16)13-17-9-10-18(21)24(17)19-11-15(2)22-14-23-19/h4-8,11,14,17-18H,3,9-10,12-13H2,1-2H3/t17-,18+,21+/m1/s1. The molecule has 2 aliphatic rings. The number of nitrogens with zero attached hydrogens (tertiary/aromatic N) is 3. The van der Waals surface area contributed by atoms with Crippen LogP contribution in [0.3, 0.4) is 0 Å². The molecule has 136 valence electrons. The fourth-order valence-corrected chi connectivity index (χ4v) is 4.83. The van der Waals surface area contributed by atoms with Crippen molar-refractivity contribution in [2.75, 3.05) is 11.5 Å². The quantitative estimate of drug-likeness (QED) is 0.774. The molecule has 4 rings (SSSR count). The van der Waals surface area contributed by atoms with Crippen LogP contribution in [0.15, 0.2) is 42.7 Å². The number of hydrogen-bond acceptors (Lipinski definition) is 5. The highest BCUT2D eigenvalue weighted by Crippen LogP contribution is 2.53. The fraction of sp³-hybridized carbons (Fsp3) is 0.476. The van der Waals surface area contributed by atoms with Crippen LogP contribution in [0.2, 0.25) is 0 Å². The number of rotatable bonds is 5. The first kappa shape index (κ1) is 17.0. The minimum Gasteiger partial charge on any atom is -0.465 e. The highest BCUT2D eigenvalue weighted by molar-refractivity contribution is 5.81. The van der Waals surface area contributed by atoms with Crippen LogP contribution < -0.4 is 4.90 Å². The highest BCUT2D eigenvalue weighted by Gasteiger charge is 2.61. The molecule has 2 aromatic rings. The Morgan fingerprint density at radius 1 is 1.27 bits per heavy atom. The molecule has 2 aliphatic heterocycles. The predicted molar refractivity (Wildman–Crippen MR) is 99.9 cm³/mol. The number of carbonyl (C=O) groups is 1. The fourth-order valence-electron chi connectivity index (χ4n) is 4.83. The van der Waals surface area contributed by atoms with Crippen molar-refractivity contribution in [1.82, 2.24) is 9.97 Å². The first-order chi connectivity index (χ1) is 12.6. The summed E-state index contributed by atoms with van der Waals surface area (Å²) in [6, 6.07) is 12.8. The molecule has 0 N–H and O–H groups in total. The van der Waals surface area contributed by atoms with Gasteiger partial charge < -0.3 is 9.64 Å². The summed E-state index contributed by atoms with van der Waals surface area (Å²) >= 11 is 0. The summed E-state index contributed by atoms with van der Waals surface area (Å²) in [6.45, 7) is 4.28. The molecule has 1 aromatic heterocycles. The van der Waals surface area contributed by atoms with Gasteiger partial charge in [0.2, 0.25) is 0 Å². The Morgan fingerprint density at radius 3 is 2.81 bits per heavy atom. The van der Waals surface area contributed by atoms with Gasteiger partial charge in [0, 0.05) is 23.8 Å². The molecule has 2 fully saturated rings. The van der Waals surface area contributed by atoms with Crippen LogP contribution >= 0.6 is 0 Å².